The van der Waals surface area contributed by atoms with Crippen molar-refractivity contribution in [3.8, 4) is 0 Å². The van der Waals surface area contributed by atoms with E-state index in [4.69, 9.17) is 4.98 Å². The number of amides is 2. The van der Waals surface area contributed by atoms with Crippen LogP contribution in [0.5, 0.6) is 0 Å². The number of carbonyl (C=O) groups excluding carboxylic acids is 2. The number of anilines is 1. The molecular weight excluding hydrogens is 378 g/mol. The zero-order chi connectivity index (χ0) is 20.7. The molecule has 0 aromatic carbocycles. The largest absolute Gasteiger partial charge is 0.356 e. The molecular formula is C23H27N5O2. The summed E-state index contributed by atoms with van der Waals surface area (Å²) in [5, 5.41) is 2.84. The summed E-state index contributed by atoms with van der Waals surface area (Å²) in [5.41, 5.74) is 3.89. The second-order valence-corrected chi connectivity index (χ2v) is 8.57. The molecule has 3 fully saturated rings. The Labute approximate surface area is 176 Å². The SMILES string of the molecule is Cc1cc(C2CC2)cnc1N1CCN(C(=O)c2ccc(C3CCNC3=O)cn2)CC1. The van der Waals surface area contributed by atoms with Gasteiger partial charge in [-0.2, -0.15) is 0 Å². The van der Waals surface area contributed by atoms with Crippen LogP contribution in [0.1, 0.15) is 58.3 Å². The van der Waals surface area contributed by atoms with Gasteiger partial charge in [-0.05, 0) is 54.9 Å². The molecule has 156 valence electrons. The van der Waals surface area contributed by atoms with Gasteiger partial charge in [0.25, 0.3) is 5.91 Å². The summed E-state index contributed by atoms with van der Waals surface area (Å²) in [7, 11) is 0. The zero-order valence-electron chi connectivity index (χ0n) is 17.3. The average Bonchev–Trinajstić information content (AvgIpc) is 3.54. The minimum absolute atomic E-state index is 0.0427. The Balaban J connectivity index is 1.21. The van der Waals surface area contributed by atoms with E-state index in [0.29, 0.717) is 31.2 Å². The molecule has 2 aliphatic heterocycles. The van der Waals surface area contributed by atoms with Gasteiger partial charge in [0.1, 0.15) is 11.5 Å². The van der Waals surface area contributed by atoms with Crippen molar-refractivity contribution in [1.82, 2.24) is 20.2 Å². The van der Waals surface area contributed by atoms with Crippen LogP contribution in [0.2, 0.25) is 0 Å². The number of nitrogens with one attached hydrogen (secondary N) is 1. The highest BCUT2D eigenvalue weighted by atomic mass is 16.2. The fourth-order valence-corrected chi connectivity index (χ4v) is 4.49. The maximum Gasteiger partial charge on any atom is 0.272 e. The summed E-state index contributed by atoms with van der Waals surface area (Å²) in [6.45, 7) is 5.66. The number of aromatic nitrogens is 2. The Morgan fingerprint density at radius 3 is 2.40 bits per heavy atom. The summed E-state index contributed by atoms with van der Waals surface area (Å²) in [6.07, 6.45) is 7.04. The van der Waals surface area contributed by atoms with E-state index < -0.39 is 0 Å². The number of aryl methyl sites for hydroxylation is 1. The molecule has 1 atom stereocenters. The third-order valence-electron chi connectivity index (χ3n) is 6.44. The molecule has 0 bridgehead atoms. The number of nitrogens with zero attached hydrogens (tertiary/aromatic N) is 4. The van der Waals surface area contributed by atoms with Crippen molar-refractivity contribution in [1.29, 1.82) is 0 Å². The Hall–Kier alpha value is -2.96. The van der Waals surface area contributed by atoms with Crippen LogP contribution in [0.25, 0.3) is 0 Å². The lowest BCUT2D eigenvalue weighted by Crippen LogP contribution is -2.49. The van der Waals surface area contributed by atoms with Crippen LogP contribution in [-0.4, -0.2) is 59.4 Å². The minimum Gasteiger partial charge on any atom is -0.356 e. The maximum absolute atomic E-state index is 12.9. The van der Waals surface area contributed by atoms with Gasteiger partial charge in [-0.15, -0.1) is 0 Å². The number of hydrogen-bond acceptors (Lipinski definition) is 5. The van der Waals surface area contributed by atoms with E-state index in [1.54, 1.807) is 12.3 Å². The van der Waals surface area contributed by atoms with Crippen LogP contribution in [0.3, 0.4) is 0 Å². The van der Waals surface area contributed by atoms with Crippen molar-refractivity contribution in [2.75, 3.05) is 37.6 Å². The van der Waals surface area contributed by atoms with Crippen molar-refractivity contribution in [2.45, 2.75) is 38.0 Å². The highest BCUT2D eigenvalue weighted by molar-refractivity contribution is 5.92. The number of rotatable bonds is 4. The first-order valence-corrected chi connectivity index (χ1v) is 10.8. The van der Waals surface area contributed by atoms with Gasteiger partial charge in [0.2, 0.25) is 5.91 Å². The van der Waals surface area contributed by atoms with Crippen LogP contribution in [0.4, 0.5) is 5.82 Å². The Kier molecular flexibility index (Phi) is 4.89. The lowest BCUT2D eigenvalue weighted by Gasteiger charge is -2.36. The van der Waals surface area contributed by atoms with E-state index in [0.717, 1.165) is 30.9 Å². The van der Waals surface area contributed by atoms with E-state index >= 15 is 0 Å². The molecule has 1 unspecified atom stereocenters. The van der Waals surface area contributed by atoms with Crippen molar-refractivity contribution < 1.29 is 9.59 Å². The molecule has 0 radical (unpaired) electrons. The average molecular weight is 406 g/mol. The van der Waals surface area contributed by atoms with Gasteiger partial charge in [-0.25, -0.2) is 4.98 Å². The highest BCUT2D eigenvalue weighted by Crippen LogP contribution is 2.40. The first kappa shape index (κ1) is 19.0. The summed E-state index contributed by atoms with van der Waals surface area (Å²) in [6, 6.07) is 5.88. The van der Waals surface area contributed by atoms with Crippen molar-refractivity contribution in [3.63, 3.8) is 0 Å². The smallest absolute Gasteiger partial charge is 0.272 e. The van der Waals surface area contributed by atoms with Gasteiger partial charge >= 0.3 is 0 Å². The number of pyridine rings is 2. The van der Waals surface area contributed by atoms with Crippen LogP contribution < -0.4 is 10.2 Å². The molecule has 0 spiro atoms. The summed E-state index contributed by atoms with van der Waals surface area (Å²) in [5.74, 6) is 1.59. The second kappa shape index (κ2) is 7.70. The first-order chi connectivity index (χ1) is 14.6. The Morgan fingerprint density at radius 1 is 1.03 bits per heavy atom. The summed E-state index contributed by atoms with van der Waals surface area (Å²) in [4.78, 5) is 37.9. The normalized spacial score (nSPS) is 21.6. The van der Waals surface area contributed by atoms with Gasteiger partial charge in [-0.1, -0.05) is 12.1 Å². The third-order valence-corrected chi connectivity index (χ3v) is 6.44. The van der Waals surface area contributed by atoms with Crippen molar-refractivity contribution in [2.24, 2.45) is 0 Å². The number of piperazine rings is 1. The predicted molar refractivity (Wildman–Crippen MR) is 114 cm³/mol. The minimum atomic E-state index is -0.146. The molecule has 5 rings (SSSR count). The topological polar surface area (TPSA) is 78.4 Å². The standard InChI is InChI=1S/C23H27N5O2/c1-15-12-18(16-2-3-16)14-26-21(15)27-8-10-28(11-9-27)23(30)20-5-4-17(13-25-20)19-6-7-24-22(19)29/h4-5,12-14,16,19H,2-3,6-11H2,1H3,(H,24,29). The molecule has 2 amide bonds. The molecule has 4 heterocycles. The number of hydrogen-bond donors (Lipinski definition) is 1. The van der Waals surface area contributed by atoms with Crippen LogP contribution in [0, 0.1) is 6.92 Å². The molecule has 1 aliphatic carbocycles. The molecule has 2 aromatic rings. The van der Waals surface area contributed by atoms with E-state index in [1.165, 1.54) is 24.0 Å². The summed E-state index contributed by atoms with van der Waals surface area (Å²) >= 11 is 0. The third kappa shape index (κ3) is 3.64. The van der Waals surface area contributed by atoms with Crippen molar-refractivity contribution >= 4 is 17.6 Å². The molecule has 1 N–H and O–H groups in total. The predicted octanol–water partition coefficient (Wildman–Crippen LogP) is 2.23. The Bertz CT molecular complexity index is 962. The van der Waals surface area contributed by atoms with E-state index in [2.05, 4.69) is 28.2 Å². The quantitative estimate of drug-likeness (QED) is 0.844. The van der Waals surface area contributed by atoms with Crippen LogP contribution in [0.15, 0.2) is 30.6 Å². The molecule has 7 nitrogen and oxygen atoms in total. The Morgan fingerprint density at radius 2 is 1.80 bits per heavy atom. The van der Waals surface area contributed by atoms with Crippen LogP contribution in [-0.2, 0) is 4.79 Å². The zero-order valence-corrected chi connectivity index (χ0v) is 17.3. The number of carbonyl (C=O) groups is 2. The van der Waals surface area contributed by atoms with E-state index in [1.807, 2.05) is 17.2 Å². The van der Waals surface area contributed by atoms with Gasteiger partial charge in [0, 0.05) is 45.1 Å². The van der Waals surface area contributed by atoms with Gasteiger partial charge < -0.3 is 15.1 Å². The van der Waals surface area contributed by atoms with Crippen molar-refractivity contribution in [3.05, 3.63) is 53.0 Å². The van der Waals surface area contributed by atoms with Gasteiger partial charge in [-0.3, -0.25) is 14.6 Å². The summed E-state index contributed by atoms with van der Waals surface area (Å²) < 4.78 is 0. The lowest BCUT2D eigenvalue weighted by molar-refractivity contribution is -0.120. The molecule has 2 aromatic heterocycles. The molecule has 3 aliphatic rings. The maximum atomic E-state index is 12.9. The molecule has 1 saturated carbocycles. The fraction of sp³-hybridized carbons (Fsp3) is 0.478. The second-order valence-electron chi connectivity index (χ2n) is 8.57. The molecule has 30 heavy (non-hydrogen) atoms. The van der Waals surface area contributed by atoms with E-state index in [-0.39, 0.29) is 17.7 Å². The van der Waals surface area contributed by atoms with E-state index in [9.17, 15) is 9.59 Å². The van der Waals surface area contributed by atoms with Crippen LogP contribution >= 0.6 is 0 Å². The fourth-order valence-electron chi connectivity index (χ4n) is 4.49. The lowest BCUT2D eigenvalue weighted by atomic mass is 9.99. The first-order valence-electron chi connectivity index (χ1n) is 10.8. The molecule has 2 saturated heterocycles. The van der Waals surface area contributed by atoms with Gasteiger partial charge in [0.15, 0.2) is 0 Å². The molecule has 7 heteroatoms. The van der Waals surface area contributed by atoms with Gasteiger partial charge in [0.05, 0.1) is 5.92 Å². The highest BCUT2D eigenvalue weighted by Gasteiger charge is 2.28. The monoisotopic (exact) mass is 405 g/mol.